The first kappa shape index (κ1) is 8.31. The zero-order valence-electron chi connectivity index (χ0n) is 7.13. The van der Waals surface area contributed by atoms with Crippen molar-refractivity contribution in [3.05, 3.63) is 12.2 Å². The van der Waals surface area contributed by atoms with Crippen LogP contribution in [0.4, 0.5) is 0 Å². The molecule has 2 atom stereocenters. The minimum absolute atomic E-state index is 0.0495. The summed E-state index contributed by atoms with van der Waals surface area (Å²) in [4.78, 5) is 11.0. The average molecular weight is 153 g/mol. The lowest BCUT2D eigenvalue weighted by atomic mass is 10.3. The summed E-state index contributed by atoms with van der Waals surface area (Å²) in [5.74, 6) is 0.789. The second-order valence-corrected chi connectivity index (χ2v) is 3.02. The maximum atomic E-state index is 11.0. The number of amides is 1. The fraction of sp³-hybridized carbons (Fsp3) is 0.667. The Morgan fingerprint density at radius 2 is 2.45 bits per heavy atom. The van der Waals surface area contributed by atoms with Crippen LogP contribution in [0.15, 0.2) is 12.2 Å². The molecular formula is C9H15NO. The van der Waals surface area contributed by atoms with Gasteiger partial charge in [0.1, 0.15) is 0 Å². The summed E-state index contributed by atoms with van der Waals surface area (Å²) >= 11 is 0. The third-order valence-corrected chi connectivity index (χ3v) is 2.09. The number of hydrogen-bond acceptors (Lipinski definition) is 1. The third kappa shape index (κ3) is 2.37. The van der Waals surface area contributed by atoms with Crippen molar-refractivity contribution in [2.45, 2.75) is 32.7 Å². The van der Waals surface area contributed by atoms with E-state index in [2.05, 4.69) is 12.2 Å². The van der Waals surface area contributed by atoms with E-state index in [0.29, 0.717) is 6.04 Å². The van der Waals surface area contributed by atoms with E-state index in [1.54, 1.807) is 12.2 Å². The molecule has 0 heterocycles. The fourth-order valence-electron chi connectivity index (χ4n) is 1.26. The highest BCUT2D eigenvalue weighted by molar-refractivity contribution is 5.87. The van der Waals surface area contributed by atoms with Gasteiger partial charge in [-0.05, 0) is 25.3 Å². The van der Waals surface area contributed by atoms with E-state index in [1.165, 1.54) is 12.8 Å². The van der Waals surface area contributed by atoms with Gasteiger partial charge >= 0.3 is 0 Å². The number of allylic oxidation sites excluding steroid dienone is 1. The molecule has 1 aliphatic carbocycles. The summed E-state index contributed by atoms with van der Waals surface area (Å²) in [5, 5.41) is 2.93. The Balaban J connectivity index is 2.18. The maximum Gasteiger partial charge on any atom is 0.243 e. The van der Waals surface area contributed by atoms with Crippen LogP contribution in [-0.4, -0.2) is 11.9 Å². The van der Waals surface area contributed by atoms with Crippen molar-refractivity contribution in [1.29, 1.82) is 0 Å². The first-order chi connectivity index (χ1) is 5.27. The number of rotatable bonds is 3. The Labute approximate surface area is 67.7 Å². The summed E-state index contributed by atoms with van der Waals surface area (Å²) in [7, 11) is 0. The molecule has 1 amide bonds. The van der Waals surface area contributed by atoms with Gasteiger partial charge in [0.05, 0.1) is 0 Å². The Kier molecular flexibility index (Phi) is 2.69. The molecule has 0 aromatic heterocycles. The minimum Gasteiger partial charge on any atom is -0.350 e. The molecule has 2 unspecified atom stereocenters. The van der Waals surface area contributed by atoms with Gasteiger partial charge in [0.15, 0.2) is 0 Å². The van der Waals surface area contributed by atoms with Gasteiger partial charge in [-0.25, -0.2) is 0 Å². The molecule has 0 aromatic carbocycles. The van der Waals surface area contributed by atoms with E-state index >= 15 is 0 Å². The number of carbonyl (C=O) groups excluding carboxylic acids is 1. The summed E-state index contributed by atoms with van der Waals surface area (Å²) in [6.07, 6.45) is 5.68. The lowest BCUT2D eigenvalue weighted by Gasteiger charge is -1.97. The Bertz CT molecular complexity index is 174. The molecule has 1 aliphatic rings. The molecule has 0 bridgehead atoms. The first-order valence-electron chi connectivity index (χ1n) is 4.21. The predicted octanol–water partition coefficient (Wildman–Crippen LogP) is 1.48. The molecule has 1 N–H and O–H groups in total. The molecule has 1 fully saturated rings. The van der Waals surface area contributed by atoms with E-state index in [0.717, 1.165) is 5.92 Å². The largest absolute Gasteiger partial charge is 0.350 e. The topological polar surface area (TPSA) is 29.1 Å². The first-order valence-corrected chi connectivity index (χ1v) is 4.21. The third-order valence-electron chi connectivity index (χ3n) is 2.09. The molecule has 0 saturated heterocycles. The zero-order chi connectivity index (χ0) is 8.27. The lowest BCUT2D eigenvalue weighted by Crippen LogP contribution is -2.24. The molecule has 1 saturated carbocycles. The summed E-state index contributed by atoms with van der Waals surface area (Å²) in [6, 6.07) is 0.462. The molecular weight excluding hydrogens is 138 g/mol. The number of carbonyl (C=O) groups is 1. The van der Waals surface area contributed by atoms with Crippen molar-refractivity contribution in [3.63, 3.8) is 0 Å². The van der Waals surface area contributed by atoms with Crippen LogP contribution in [0, 0.1) is 5.92 Å². The van der Waals surface area contributed by atoms with Gasteiger partial charge in [0, 0.05) is 6.04 Å². The van der Waals surface area contributed by atoms with Crippen molar-refractivity contribution in [2.75, 3.05) is 0 Å². The van der Waals surface area contributed by atoms with Gasteiger partial charge in [-0.1, -0.05) is 19.4 Å². The van der Waals surface area contributed by atoms with Crippen LogP contribution in [0.5, 0.6) is 0 Å². The molecule has 62 valence electrons. The molecule has 0 spiro atoms. The molecule has 11 heavy (non-hydrogen) atoms. The lowest BCUT2D eigenvalue weighted by molar-refractivity contribution is -0.116. The normalized spacial score (nSPS) is 28.9. The molecule has 2 nitrogen and oxygen atoms in total. The van der Waals surface area contributed by atoms with Crippen molar-refractivity contribution in [1.82, 2.24) is 5.32 Å². The van der Waals surface area contributed by atoms with E-state index in [-0.39, 0.29) is 5.91 Å². The smallest absolute Gasteiger partial charge is 0.243 e. The molecule has 0 aliphatic heterocycles. The second kappa shape index (κ2) is 3.56. The highest BCUT2D eigenvalue weighted by Crippen LogP contribution is 2.32. The van der Waals surface area contributed by atoms with Gasteiger partial charge in [0.25, 0.3) is 0 Å². The van der Waals surface area contributed by atoms with E-state index < -0.39 is 0 Å². The van der Waals surface area contributed by atoms with E-state index in [9.17, 15) is 4.79 Å². The average Bonchev–Trinajstić information content (AvgIpc) is 2.68. The van der Waals surface area contributed by atoms with Crippen molar-refractivity contribution >= 4 is 5.91 Å². The van der Waals surface area contributed by atoms with Crippen LogP contribution in [0.1, 0.15) is 26.7 Å². The highest BCUT2D eigenvalue weighted by atomic mass is 16.1. The Hall–Kier alpha value is -0.790. The predicted molar refractivity (Wildman–Crippen MR) is 45.1 cm³/mol. The van der Waals surface area contributed by atoms with Crippen LogP contribution in [0.2, 0.25) is 0 Å². The maximum absolute atomic E-state index is 11.0. The van der Waals surface area contributed by atoms with Crippen LogP contribution in [0.3, 0.4) is 0 Å². The van der Waals surface area contributed by atoms with Crippen molar-refractivity contribution in [3.8, 4) is 0 Å². The van der Waals surface area contributed by atoms with Crippen LogP contribution < -0.4 is 5.32 Å². The number of nitrogens with one attached hydrogen (secondary N) is 1. The Morgan fingerprint density at radius 1 is 1.73 bits per heavy atom. The molecule has 0 aromatic rings. The molecule has 0 radical (unpaired) electrons. The van der Waals surface area contributed by atoms with Crippen molar-refractivity contribution in [2.24, 2.45) is 5.92 Å². The van der Waals surface area contributed by atoms with Gasteiger partial charge in [-0.3, -0.25) is 4.79 Å². The van der Waals surface area contributed by atoms with Gasteiger partial charge < -0.3 is 5.32 Å². The Morgan fingerprint density at radius 3 is 2.91 bits per heavy atom. The van der Waals surface area contributed by atoms with Crippen LogP contribution >= 0.6 is 0 Å². The van der Waals surface area contributed by atoms with Crippen LogP contribution in [0.25, 0.3) is 0 Å². The van der Waals surface area contributed by atoms with Crippen LogP contribution in [-0.2, 0) is 4.79 Å². The van der Waals surface area contributed by atoms with Gasteiger partial charge in [-0.15, -0.1) is 0 Å². The van der Waals surface area contributed by atoms with Crippen molar-refractivity contribution < 1.29 is 4.79 Å². The number of hydrogen-bond donors (Lipinski definition) is 1. The zero-order valence-corrected chi connectivity index (χ0v) is 7.13. The second-order valence-electron chi connectivity index (χ2n) is 3.02. The fourth-order valence-corrected chi connectivity index (χ4v) is 1.26. The standard InChI is InChI=1S/C9H15NO/c1-3-5-9(11)10-8-6-7(8)4-2/h3,5,7-8H,4,6H2,1-2H3,(H,10,11)/b5-3+. The quantitative estimate of drug-likeness (QED) is 0.611. The van der Waals surface area contributed by atoms with E-state index in [1.807, 2.05) is 6.92 Å². The summed E-state index contributed by atoms with van der Waals surface area (Å²) < 4.78 is 0. The highest BCUT2D eigenvalue weighted by Gasteiger charge is 2.35. The van der Waals surface area contributed by atoms with Gasteiger partial charge in [-0.2, -0.15) is 0 Å². The molecule has 1 rings (SSSR count). The molecule has 2 heteroatoms. The SMILES string of the molecule is C/C=C/C(=O)NC1CC1CC. The monoisotopic (exact) mass is 153 g/mol. The summed E-state index contributed by atoms with van der Waals surface area (Å²) in [5.41, 5.74) is 0. The minimum atomic E-state index is 0.0495. The van der Waals surface area contributed by atoms with E-state index in [4.69, 9.17) is 0 Å². The van der Waals surface area contributed by atoms with Gasteiger partial charge in [0.2, 0.25) is 5.91 Å². The summed E-state index contributed by atoms with van der Waals surface area (Å²) in [6.45, 7) is 4.01.